The maximum Gasteiger partial charge on any atom is 0.416 e. The highest BCUT2D eigenvalue weighted by Crippen LogP contribution is 2.32. The Kier molecular flexibility index (Phi) is 6.09. The average Bonchev–Trinajstić information content (AvgIpc) is 2.52. The Bertz CT molecular complexity index is 967. The van der Waals surface area contributed by atoms with Gasteiger partial charge < -0.3 is 0 Å². The van der Waals surface area contributed by atoms with E-state index in [1.165, 1.54) is 19.1 Å². The fourth-order valence-electron chi connectivity index (χ4n) is 2.66. The van der Waals surface area contributed by atoms with Gasteiger partial charge in [0.05, 0.1) is 16.1 Å². The molecule has 28 heavy (non-hydrogen) atoms. The Hall–Kier alpha value is -2.15. The van der Waals surface area contributed by atoms with Crippen molar-refractivity contribution in [3.05, 3.63) is 70.3 Å². The molecule has 0 aliphatic heterocycles. The summed E-state index contributed by atoms with van der Waals surface area (Å²) in [5, 5.41) is 0. The fraction of sp³-hybridized carbons (Fsp3) is 0.381. The number of Topliss-reactive ketones (excluding diaryl/α,β-unsaturated/α-hetero) is 1. The summed E-state index contributed by atoms with van der Waals surface area (Å²) >= 11 is 0. The van der Waals surface area contributed by atoms with E-state index in [9.17, 15) is 26.4 Å². The average molecular weight is 412 g/mol. The highest BCUT2D eigenvalue weighted by molar-refractivity contribution is 7.91. The lowest BCUT2D eigenvalue weighted by molar-refractivity contribution is -0.138. The van der Waals surface area contributed by atoms with Crippen molar-refractivity contribution in [1.82, 2.24) is 0 Å². The first kappa shape index (κ1) is 22.1. The van der Waals surface area contributed by atoms with Crippen molar-refractivity contribution in [2.45, 2.75) is 50.8 Å². The molecule has 0 aromatic heterocycles. The molecule has 2 rings (SSSR count). The molecule has 0 amide bonds. The minimum absolute atomic E-state index is 0.0292. The predicted octanol–water partition coefficient (Wildman–Crippen LogP) is 5.15. The Labute approximate surface area is 163 Å². The summed E-state index contributed by atoms with van der Waals surface area (Å²) in [4.78, 5) is 12.4. The largest absolute Gasteiger partial charge is 0.416 e. The van der Waals surface area contributed by atoms with Crippen molar-refractivity contribution in [1.29, 1.82) is 0 Å². The minimum atomic E-state index is -4.42. The van der Waals surface area contributed by atoms with Gasteiger partial charge >= 0.3 is 6.18 Å². The number of carbonyl (C=O) groups excluding carboxylic acids is 1. The van der Waals surface area contributed by atoms with E-state index in [4.69, 9.17) is 0 Å². The number of carbonyl (C=O) groups is 1. The van der Waals surface area contributed by atoms with E-state index in [0.29, 0.717) is 16.7 Å². The Balaban J connectivity index is 2.13. The summed E-state index contributed by atoms with van der Waals surface area (Å²) in [6.45, 7) is 6.26. The predicted molar refractivity (Wildman–Crippen MR) is 103 cm³/mol. The van der Waals surface area contributed by atoms with Gasteiger partial charge in [0, 0.05) is 12.0 Å². The molecule has 0 heterocycles. The molecule has 0 aliphatic carbocycles. The summed E-state index contributed by atoms with van der Waals surface area (Å²) < 4.78 is 62.1. The molecule has 3 nitrogen and oxygen atoms in total. The number of rotatable bonds is 5. The first-order valence-corrected chi connectivity index (χ1v) is 10.4. The molecule has 0 fully saturated rings. The maximum absolute atomic E-state index is 12.8. The normalized spacial score (nSPS) is 12.8. The molecule has 2 aromatic carbocycles. The zero-order valence-electron chi connectivity index (χ0n) is 16.2. The topological polar surface area (TPSA) is 51.2 Å². The zero-order chi connectivity index (χ0) is 21.3. The fourth-order valence-corrected chi connectivity index (χ4v) is 3.73. The van der Waals surface area contributed by atoms with E-state index in [2.05, 4.69) is 0 Å². The number of aryl methyl sites for hydroxylation is 1. The van der Waals surface area contributed by atoms with Crippen LogP contribution in [0.5, 0.6) is 0 Å². The van der Waals surface area contributed by atoms with Gasteiger partial charge in [-0.1, -0.05) is 36.4 Å². The number of hydrogen-bond donors (Lipinski definition) is 0. The molecule has 0 aliphatic rings. The third kappa shape index (κ3) is 5.22. The Morgan fingerprint density at radius 2 is 1.46 bits per heavy atom. The van der Waals surface area contributed by atoms with Crippen LogP contribution in [0, 0.1) is 6.92 Å². The molecule has 0 atom stereocenters. The summed E-state index contributed by atoms with van der Waals surface area (Å²) in [6.07, 6.45) is -4.45. The highest BCUT2D eigenvalue weighted by atomic mass is 32.2. The molecule has 0 spiro atoms. The van der Waals surface area contributed by atoms with Crippen LogP contribution in [0.1, 0.15) is 53.4 Å². The van der Waals surface area contributed by atoms with E-state index in [0.717, 1.165) is 6.07 Å². The lowest BCUT2D eigenvalue weighted by atomic mass is 9.98. The Morgan fingerprint density at radius 3 is 1.93 bits per heavy atom. The van der Waals surface area contributed by atoms with E-state index in [-0.39, 0.29) is 23.5 Å². The molecule has 0 bridgehead atoms. The quantitative estimate of drug-likeness (QED) is 0.638. The molecule has 0 saturated carbocycles. The van der Waals surface area contributed by atoms with Crippen molar-refractivity contribution >= 4 is 15.6 Å². The lowest BCUT2D eigenvalue weighted by Crippen LogP contribution is -2.29. The summed E-state index contributed by atoms with van der Waals surface area (Å²) in [5.74, 6) is -0.368. The molecule has 0 radical (unpaired) electrons. The van der Waals surface area contributed by atoms with Crippen molar-refractivity contribution < 1.29 is 26.4 Å². The number of hydrogen-bond acceptors (Lipinski definition) is 3. The first-order valence-electron chi connectivity index (χ1n) is 8.72. The third-order valence-electron chi connectivity index (χ3n) is 4.53. The van der Waals surface area contributed by atoms with E-state index in [1.54, 1.807) is 45.0 Å². The van der Waals surface area contributed by atoms with Crippen LogP contribution in [0.25, 0.3) is 0 Å². The van der Waals surface area contributed by atoms with Crippen LogP contribution in [0.2, 0.25) is 0 Å². The lowest BCUT2D eigenvalue weighted by Gasteiger charge is -2.19. The van der Waals surface area contributed by atoms with E-state index in [1.807, 2.05) is 0 Å². The van der Waals surface area contributed by atoms with Crippen molar-refractivity contribution in [3.8, 4) is 0 Å². The van der Waals surface area contributed by atoms with Crippen molar-refractivity contribution in [2.75, 3.05) is 0 Å². The number of benzene rings is 2. The molecular formula is C21H23F3O3S. The van der Waals surface area contributed by atoms with Gasteiger partial charge in [-0.15, -0.1) is 0 Å². The Morgan fingerprint density at radius 1 is 0.929 bits per heavy atom. The second-order valence-corrected chi connectivity index (χ2v) is 10.6. The standard InChI is InChI=1S/C21H23F3O3S/c1-14-11-16(7-10-18(14)21(22,23)24)12-19(25)17-8-5-15(6-9-17)13-28(26,27)20(2,3)4/h5-11H,12-13H2,1-4H3. The summed E-state index contributed by atoms with van der Waals surface area (Å²) in [5.41, 5.74) is 0.815. The highest BCUT2D eigenvalue weighted by Gasteiger charge is 2.32. The zero-order valence-corrected chi connectivity index (χ0v) is 17.0. The summed E-state index contributed by atoms with van der Waals surface area (Å²) in [7, 11) is -3.33. The molecule has 0 N–H and O–H groups in total. The van der Waals surface area contributed by atoms with Crippen LogP contribution in [0.15, 0.2) is 42.5 Å². The molecule has 0 saturated heterocycles. The second kappa shape index (κ2) is 7.70. The van der Waals surface area contributed by atoms with Gasteiger partial charge in [0.1, 0.15) is 0 Å². The number of ketones is 1. The molecule has 7 heteroatoms. The van der Waals surface area contributed by atoms with Crippen LogP contribution in [-0.2, 0) is 28.2 Å². The van der Waals surface area contributed by atoms with Gasteiger partial charge in [-0.2, -0.15) is 13.2 Å². The van der Waals surface area contributed by atoms with Crippen molar-refractivity contribution in [3.63, 3.8) is 0 Å². The van der Waals surface area contributed by atoms with Crippen LogP contribution in [0.3, 0.4) is 0 Å². The third-order valence-corrected chi connectivity index (χ3v) is 7.11. The second-order valence-electron chi connectivity index (χ2n) is 7.82. The summed E-state index contributed by atoms with van der Waals surface area (Å²) in [6, 6.07) is 9.93. The van der Waals surface area contributed by atoms with Gasteiger partial charge in [0.25, 0.3) is 0 Å². The number of halogens is 3. The number of sulfone groups is 1. The van der Waals surface area contributed by atoms with Crippen molar-refractivity contribution in [2.24, 2.45) is 0 Å². The minimum Gasteiger partial charge on any atom is -0.294 e. The van der Waals surface area contributed by atoms with Crippen LogP contribution in [0.4, 0.5) is 13.2 Å². The SMILES string of the molecule is Cc1cc(CC(=O)c2ccc(CS(=O)(=O)C(C)(C)C)cc2)ccc1C(F)(F)F. The van der Waals surface area contributed by atoms with Gasteiger partial charge in [0.2, 0.25) is 0 Å². The van der Waals surface area contributed by atoms with E-state index >= 15 is 0 Å². The maximum atomic E-state index is 12.8. The first-order chi connectivity index (χ1) is 12.7. The van der Waals surface area contributed by atoms with Gasteiger partial charge in [0.15, 0.2) is 15.6 Å². The molecule has 152 valence electrons. The van der Waals surface area contributed by atoms with Crippen LogP contribution in [-0.4, -0.2) is 18.9 Å². The van der Waals surface area contributed by atoms with Crippen LogP contribution >= 0.6 is 0 Å². The smallest absolute Gasteiger partial charge is 0.294 e. The monoisotopic (exact) mass is 412 g/mol. The van der Waals surface area contributed by atoms with Gasteiger partial charge in [-0.25, -0.2) is 8.42 Å². The van der Waals surface area contributed by atoms with E-state index < -0.39 is 26.3 Å². The molecular weight excluding hydrogens is 389 g/mol. The molecule has 0 unspecified atom stereocenters. The van der Waals surface area contributed by atoms with Gasteiger partial charge in [-0.05, 0) is 50.5 Å². The molecule has 2 aromatic rings. The number of alkyl halides is 3. The van der Waals surface area contributed by atoms with Gasteiger partial charge in [-0.3, -0.25) is 4.79 Å². The van der Waals surface area contributed by atoms with Crippen LogP contribution < -0.4 is 0 Å².